The SMILES string of the molecule is CCCC(=O)ON(C)c1cccc(OCc2ccccc2)c1. The first-order valence-corrected chi connectivity index (χ1v) is 7.40. The summed E-state index contributed by atoms with van der Waals surface area (Å²) in [5.41, 5.74) is 1.88. The number of ether oxygens (including phenoxy) is 1. The maximum absolute atomic E-state index is 11.5. The van der Waals surface area contributed by atoms with Crippen LogP contribution in [0.4, 0.5) is 5.69 Å². The van der Waals surface area contributed by atoms with Gasteiger partial charge in [-0.3, -0.25) is 0 Å². The van der Waals surface area contributed by atoms with Gasteiger partial charge in [-0.1, -0.05) is 43.3 Å². The second-order valence-electron chi connectivity index (χ2n) is 4.98. The molecule has 4 nitrogen and oxygen atoms in total. The van der Waals surface area contributed by atoms with Gasteiger partial charge in [-0.05, 0) is 24.1 Å². The van der Waals surface area contributed by atoms with Gasteiger partial charge in [0.05, 0.1) is 5.69 Å². The summed E-state index contributed by atoms with van der Waals surface area (Å²) in [6.07, 6.45) is 1.18. The Hall–Kier alpha value is -2.49. The van der Waals surface area contributed by atoms with Crippen molar-refractivity contribution in [2.75, 3.05) is 12.1 Å². The summed E-state index contributed by atoms with van der Waals surface area (Å²) in [5.74, 6) is 0.500. The van der Waals surface area contributed by atoms with E-state index in [0.717, 1.165) is 23.4 Å². The van der Waals surface area contributed by atoms with Crippen LogP contribution in [0.3, 0.4) is 0 Å². The van der Waals surface area contributed by atoms with Gasteiger partial charge in [-0.25, -0.2) is 9.86 Å². The molecule has 116 valence electrons. The smallest absolute Gasteiger partial charge is 0.332 e. The summed E-state index contributed by atoms with van der Waals surface area (Å²) in [6, 6.07) is 17.5. The molecule has 0 aliphatic carbocycles. The fraction of sp³-hybridized carbons (Fsp3) is 0.278. The van der Waals surface area contributed by atoms with Crippen LogP contribution in [0.15, 0.2) is 54.6 Å². The molecule has 0 fully saturated rings. The van der Waals surface area contributed by atoms with Gasteiger partial charge in [-0.2, -0.15) is 0 Å². The van der Waals surface area contributed by atoms with Crippen molar-refractivity contribution in [2.45, 2.75) is 26.4 Å². The van der Waals surface area contributed by atoms with E-state index in [1.165, 1.54) is 5.06 Å². The van der Waals surface area contributed by atoms with E-state index >= 15 is 0 Å². The molecule has 4 heteroatoms. The number of carbonyl (C=O) groups excluding carboxylic acids is 1. The van der Waals surface area contributed by atoms with Gasteiger partial charge in [0.15, 0.2) is 0 Å². The number of hydrogen-bond acceptors (Lipinski definition) is 4. The topological polar surface area (TPSA) is 38.8 Å². The Bertz CT molecular complexity index is 598. The summed E-state index contributed by atoms with van der Waals surface area (Å²) >= 11 is 0. The molecule has 0 spiro atoms. The Morgan fingerprint density at radius 3 is 2.59 bits per heavy atom. The quantitative estimate of drug-likeness (QED) is 0.725. The molecule has 0 bridgehead atoms. The molecule has 0 saturated carbocycles. The molecule has 2 aromatic carbocycles. The lowest BCUT2D eigenvalue weighted by molar-refractivity contribution is -0.144. The molecule has 2 aromatic rings. The number of nitrogens with zero attached hydrogens (tertiary/aromatic N) is 1. The number of hydrogen-bond donors (Lipinski definition) is 0. The monoisotopic (exact) mass is 299 g/mol. The molecule has 2 rings (SSSR count). The lowest BCUT2D eigenvalue weighted by Gasteiger charge is -2.18. The lowest BCUT2D eigenvalue weighted by atomic mass is 10.2. The molecule has 0 unspecified atom stereocenters. The fourth-order valence-electron chi connectivity index (χ4n) is 1.97. The van der Waals surface area contributed by atoms with Crippen molar-refractivity contribution in [1.82, 2.24) is 0 Å². The average Bonchev–Trinajstić information content (AvgIpc) is 2.54. The minimum atomic E-state index is -0.236. The highest BCUT2D eigenvalue weighted by Gasteiger charge is 2.08. The van der Waals surface area contributed by atoms with Crippen molar-refractivity contribution in [2.24, 2.45) is 0 Å². The Morgan fingerprint density at radius 1 is 1.09 bits per heavy atom. The second-order valence-corrected chi connectivity index (χ2v) is 4.98. The molecule has 0 aliphatic heterocycles. The van der Waals surface area contributed by atoms with Gasteiger partial charge in [0, 0.05) is 19.5 Å². The maximum atomic E-state index is 11.5. The average molecular weight is 299 g/mol. The van der Waals surface area contributed by atoms with Crippen molar-refractivity contribution in [3.63, 3.8) is 0 Å². The Kier molecular flexibility index (Phi) is 5.83. The number of rotatable bonds is 7. The lowest BCUT2D eigenvalue weighted by Crippen LogP contribution is -2.22. The number of benzene rings is 2. The third kappa shape index (κ3) is 4.81. The van der Waals surface area contributed by atoms with E-state index in [1.807, 2.05) is 61.5 Å². The molecular formula is C18H21NO3. The van der Waals surface area contributed by atoms with Crippen molar-refractivity contribution in [1.29, 1.82) is 0 Å². The van der Waals surface area contributed by atoms with Crippen LogP contribution in [0.2, 0.25) is 0 Å². The van der Waals surface area contributed by atoms with Crippen LogP contribution in [-0.2, 0) is 16.2 Å². The van der Waals surface area contributed by atoms with Crippen LogP contribution in [0.1, 0.15) is 25.3 Å². The molecule has 0 aromatic heterocycles. The molecule has 0 radical (unpaired) electrons. The van der Waals surface area contributed by atoms with E-state index in [9.17, 15) is 4.79 Å². The van der Waals surface area contributed by atoms with Crippen molar-refractivity contribution in [3.05, 3.63) is 60.2 Å². The normalized spacial score (nSPS) is 10.1. The van der Waals surface area contributed by atoms with E-state index in [2.05, 4.69) is 0 Å². The summed E-state index contributed by atoms with van der Waals surface area (Å²) in [4.78, 5) is 16.8. The summed E-state index contributed by atoms with van der Waals surface area (Å²) in [5, 5.41) is 1.47. The summed E-state index contributed by atoms with van der Waals surface area (Å²) < 4.78 is 5.77. The van der Waals surface area contributed by atoms with Gasteiger partial charge in [0.1, 0.15) is 12.4 Å². The predicted molar refractivity (Wildman–Crippen MR) is 86.6 cm³/mol. The standard InChI is InChI=1S/C18H21NO3/c1-3-8-18(20)22-19(2)16-11-7-12-17(13-16)21-14-15-9-5-4-6-10-15/h4-7,9-13H,3,8,14H2,1-2H3. The zero-order valence-corrected chi connectivity index (χ0v) is 13.0. The first kappa shape index (κ1) is 15.9. The van der Waals surface area contributed by atoms with Crippen LogP contribution in [-0.4, -0.2) is 13.0 Å². The molecule has 0 atom stereocenters. The third-order valence-corrected chi connectivity index (χ3v) is 3.12. The zero-order chi connectivity index (χ0) is 15.8. The van der Waals surface area contributed by atoms with E-state index in [0.29, 0.717) is 13.0 Å². The molecule has 22 heavy (non-hydrogen) atoms. The molecule has 0 amide bonds. The molecule has 0 aliphatic rings. The summed E-state index contributed by atoms with van der Waals surface area (Å²) in [7, 11) is 1.71. The third-order valence-electron chi connectivity index (χ3n) is 3.12. The zero-order valence-electron chi connectivity index (χ0n) is 13.0. The molecule has 0 saturated heterocycles. The summed E-state index contributed by atoms with van der Waals surface area (Å²) in [6.45, 7) is 2.45. The minimum Gasteiger partial charge on any atom is -0.489 e. The van der Waals surface area contributed by atoms with E-state index in [4.69, 9.17) is 9.57 Å². The van der Waals surface area contributed by atoms with Crippen molar-refractivity contribution >= 4 is 11.7 Å². The van der Waals surface area contributed by atoms with Crippen molar-refractivity contribution in [3.8, 4) is 5.75 Å². The van der Waals surface area contributed by atoms with Crippen LogP contribution >= 0.6 is 0 Å². The van der Waals surface area contributed by atoms with E-state index in [1.54, 1.807) is 7.05 Å². The number of hydroxylamine groups is 1. The van der Waals surface area contributed by atoms with Crippen LogP contribution in [0, 0.1) is 0 Å². The molecule has 0 N–H and O–H groups in total. The first-order chi connectivity index (χ1) is 10.7. The maximum Gasteiger partial charge on any atom is 0.332 e. The molecule has 0 heterocycles. The predicted octanol–water partition coefficient (Wildman–Crippen LogP) is 3.96. The highest BCUT2D eigenvalue weighted by molar-refractivity contribution is 5.70. The highest BCUT2D eigenvalue weighted by atomic mass is 16.7. The second kappa shape index (κ2) is 8.08. The minimum absolute atomic E-state index is 0.236. The number of carbonyl (C=O) groups is 1. The van der Waals surface area contributed by atoms with Crippen molar-refractivity contribution < 1.29 is 14.4 Å². The van der Waals surface area contributed by atoms with Crippen LogP contribution in [0.25, 0.3) is 0 Å². The Labute approximate surface area is 131 Å². The highest BCUT2D eigenvalue weighted by Crippen LogP contribution is 2.21. The van der Waals surface area contributed by atoms with E-state index in [-0.39, 0.29) is 5.97 Å². The van der Waals surface area contributed by atoms with Gasteiger partial charge in [-0.15, -0.1) is 0 Å². The van der Waals surface area contributed by atoms with Gasteiger partial charge >= 0.3 is 5.97 Å². The fourth-order valence-corrected chi connectivity index (χ4v) is 1.97. The Balaban J connectivity index is 1.95. The first-order valence-electron chi connectivity index (χ1n) is 7.40. The van der Waals surface area contributed by atoms with Gasteiger partial charge < -0.3 is 9.57 Å². The van der Waals surface area contributed by atoms with Gasteiger partial charge in [0.25, 0.3) is 0 Å². The molecular weight excluding hydrogens is 278 g/mol. The van der Waals surface area contributed by atoms with Gasteiger partial charge in [0.2, 0.25) is 0 Å². The van der Waals surface area contributed by atoms with Crippen LogP contribution in [0.5, 0.6) is 5.75 Å². The van der Waals surface area contributed by atoms with Crippen LogP contribution < -0.4 is 9.80 Å². The largest absolute Gasteiger partial charge is 0.489 e. The number of anilines is 1. The Morgan fingerprint density at radius 2 is 1.86 bits per heavy atom. The van der Waals surface area contributed by atoms with E-state index < -0.39 is 0 Å².